The highest BCUT2D eigenvalue weighted by atomic mass is 16.5. The lowest BCUT2D eigenvalue weighted by molar-refractivity contribution is -0.143. The third kappa shape index (κ3) is 8.68. The molecular formula is C25H30N2O6. The Morgan fingerprint density at radius 2 is 1.76 bits per heavy atom. The van der Waals surface area contributed by atoms with Crippen LogP contribution in [0.4, 0.5) is 5.69 Å². The summed E-state index contributed by atoms with van der Waals surface area (Å²) < 4.78 is 16.4. The van der Waals surface area contributed by atoms with E-state index in [4.69, 9.17) is 19.9 Å². The Balaban J connectivity index is 1.99. The Morgan fingerprint density at radius 1 is 1.00 bits per heavy atom. The predicted molar refractivity (Wildman–Crippen MR) is 126 cm³/mol. The van der Waals surface area contributed by atoms with Crippen LogP contribution < -0.4 is 20.1 Å². The predicted octanol–water partition coefficient (Wildman–Crippen LogP) is 3.34. The number of rotatable bonds is 13. The number of nitrogens with zero attached hydrogens (tertiary/aromatic N) is 1. The molecule has 0 aromatic heterocycles. The van der Waals surface area contributed by atoms with Gasteiger partial charge >= 0.3 is 5.97 Å². The maximum Gasteiger partial charge on any atom is 0.331 e. The van der Waals surface area contributed by atoms with Gasteiger partial charge in [-0.05, 0) is 49.2 Å². The van der Waals surface area contributed by atoms with E-state index >= 15 is 0 Å². The number of hydrogen-bond donors (Lipinski definition) is 1. The average molecular weight is 455 g/mol. The van der Waals surface area contributed by atoms with Crippen molar-refractivity contribution in [2.45, 2.75) is 26.7 Å². The summed E-state index contributed by atoms with van der Waals surface area (Å²) in [6.07, 6.45) is 3.68. The van der Waals surface area contributed by atoms with Crippen LogP contribution in [-0.4, -0.2) is 44.1 Å². The number of primary amides is 1. The number of para-hydroxylation sites is 1. The number of carbonyl (C=O) groups excluding carboxylic acids is 3. The van der Waals surface area contributed by atoms with Gasteiger partial charge in [0.15, 0.2) is 18.1 Å². The van der Waals surface area contributed by atoms with Gasteiger partial charge < -0.3 is 24.8 Å². The third-order valence-electron chi connectivity index (χ3n) is 4.43. The van der Waals surface area contributed by atoms with E-state index < -0.39 is 24.4 Å². The number of nitrogens with two attached hydrogens (primary N) is 1. The van der Waals surface area contributed by atoms with Crippen molar-refractivity contribution in [1.82, 2.24) is 0 Å². The van der Waals surface area contributed by atoms with E-state index in [2.05, 4.69) is 0 Å². The molecule has 0 saturated carbocycles. The normalized spacial score (nSPS) is 10.6. The van der Waals surface area contributed by atoms with E-state index in [0.717, 1.165) is 12.0 Å². The van der Waals surface area contributed by atoms with E-state index in [9.17, 15) is 14.4 Å². The Bertz CT molecular complexity index is 959. The molecule has 0 unspecified atom stereocenters. The number of amides is 2. The molecule has 0 saturated heterocycles. The topological polar surface area (TPSA) is 108 Å². The SMILES string of the molecule is CCCOc1ccc(C=CC(=O)OCC(=O)N(CCC(N)=O)c2ccccc2)cc1OCC. The molecule has 0 aliphatic heterocycles. The Kier molecular flexibility index (Phi) is 10.5. The van der Waals surface area contributed by atoms with Gasteiger partial charge in [0.25, 0.3) is 5.91 Å². The van der Waals surface area contributed by atoms with Crippen LogP contribution in [0.5, 0.6) is 11.5 Å². The van der Waals surface area contributed by atoms with E-state index in [0.29, 0.717) is 30.4 Å². The molecule has 0 heterocycles. The highest BCUT2D eigenvalue weighted by molar-refractivity contribution is 5.97. The second kappa shape index (κ2) is 13.6. The molecule has 0 spiro atoms. The number of hydrogen-bond acceptors (Lipinski definition) is 6. The van der Waals surface area contributed by atoms with Gasteiger partial charge in [-0.2, -0.15) is 0 Å². The lowest BCUT2D eigenvalue weighted by atomic mass is 10.2. The van der Waals surface area contributed by atoms with Gasteiger partial charge in [-0.25, -0.2) is 4.79 Å². The molecule has 2 aromatic rings. The molecule has 2 aromatic carbocycles. The van der Waals surface area contributed by atoms with Crippen molar-refractivity contribution in [2.24, 2.45) is 5.73 Å². The summed E-state index contributed by atoms with van der Waals surface area (Å²) in [7, 11) is 0. The van der Waals surface area contributed by atoms with Crippen molar-refractivity contribution in [3.63, 3.8) is 0 Å². The number of ether oxygens (including phenoxy) is 3. The van der Waals surface area contributed by atoms with Crippen LogP contribution in [0.15, 0.2) is 54.6 Å². The second-order valence-electron chi connectivity index (χ2n) is 7.03. The van der Waals surface area contributed by atoms with E-state index in [1.54, 1.807) is 48.5 Å². The third-order valence-corrected chi connectivity index (χ3v) is 4.43. The van der Waals surface area contributed by atoms with Crippen molar-refractivity contribution in [1.29, 1.82) is 0 Å². The molecule has 0 atom stereocenters. The van der Waals surface area contributed by atoms with Crippen LogP contribution >= 0.6 is 0 Å². The van der Waals surface area contributed by atoms with Crippen LogP contribution in [0, 0.1) is 0 Å². The zero-order chi connectivity index (χ0) is 24.1. The maximum absolute atomic E-state index is 12.6. The van der Waals surface area contributed by atoms with E-state index in [-0.39, 0.29) is 13.0 Å². The number of carbonyl (C=O) groups is 3. The first kappa shape index (κ1) is 25.5. The molecule has 0 radical (unpaired) electrons. The number of anilines is 1. The van der Waals surface area contributed by atoms with Crippen molar-refractivity contribution in [3.8, 4) is 11.5 Å². The zero-order valence-electron chi connectivity index (χ0n) is 19.0. The molecule has 0 aliphatic rings. The smallest absolute Gasteiger partial charge is 0.331 e. The van der Waals surface area contributed by atoms with Gasteiger partial charge in [-0.1, -0.05) is 31.2 Å². The molecule has 2 rings (SSSR count). The maximum atomic E-state index is 12.6. The van der Waals surface area contributed by atoms with E-state index in [1.807, 2.05) is 19.9 Å². The van der Waals surface area contributed by atoms with Gasteiger partial charge in [-0.15, -0.1) is 0 Å². The molecule has 2 amide bonds. The quantitative estimate of drug-likeness (QED) is 0.367. The standard InChI is InChI=1S/C25H30N2O6/c1-3-16-32-21-12-10-19(17-22(21)31-4-2)11-13-25(30)33-18-24(29)27(15-14-23(26)28)20-8-6-5-7-9-20/h5-13,17H,3-4,14-16,18H2,1-2H3,(H2,26,28). The van der Waals surface area contributed by atoms with Gasteiger partial charge in [-0.3, -0.25) is 9.59 Å². The van der Waals surface area contributed by atoms with Gasteiger partial charge in [0.1, 0.15) is 0 Å². The van der Waals surface area contributed by atoms with Gasteiger partial charge in [0.2, 0.25) is 5.91 Å². The van der Waals surface area contributed by atoms with Crippen LogP contribution in [0.3, 0.4) is 0 Å². The Hall–Kier alpha value is -3.81. The molecule has 176 valence electrons. The molecule has 33 heavy (non-hydrogen) atoms. The largest absolute Gasteiger partial charge is 0.490 e. The summed E-state index contributed by atoms with van der Waals surface area (Å²) in [5.41, 5.74) is 6.52. The van der Waals surface area contributed by atoms with Crippen molar-refractivity contribution in [3.05, 3.63) is 60.2 Å². The number of benzene rings is 2. The summed E-state index contributed by atoms with van der Waals surface area (Å²) in [4.78, 5) is 37.3. The molecule has 0 bridgehead atoms. The highest BCUT2D eigenvalue weighted by Crippen LogP contribution is 2.29. The summed E-state index contributed by atoms with van der Waals surface area (Å²) in [5.74, 6) is -0.428. The van der Waals surface area contributed by atoms with Gasteiger partial charge in [0.05, 0.1) is 13.2 Å². The fourth-order valence-electron chi connectivity index (χ4n) is 2.88. The summed E-state index contributed by atoms with van der Waals surface area (Å²) in [5, 5.41) is 0. The lowest BCUT2D eigenvalue weighted by Crippen LogP contribution is -2.37. The van der Waals surface area contributed by atoms with Crippen LogP contribution in [0.2, 0.25) is 0 Å². The molecule has 2 N–H and O–H groups in total. The highest BCUT2D eigenvalue weighted by Gasteiger charge is 2.17. The fourth-order valence-corrected chi connectivity index (χ4v) is 2.88. The van der Waals surface area contributed by atoms with Crippen LogP contribution in [-0.2, 0) is 19.1 Å². The minimum absolute atomic E-state index is 0.00534. The lowest BCUT2D eigenvalue weighted by Gasteiger charge is -2.22. The Morgan fingerprint density at radius 3 is 2.42 bits per heavy atom. The summed E-state index contributed by atoms with van der Waals surface area (Å²) >= 11 is 0. The van der Waals surface area contributed by atoms with Crippen LogP contribution in [0.25, 0.3) is 6.08 Å². The van der Waals surface area contributed by atoms with Crippen molar-refractivity contribution < 1.29 is 28.6 Å². The molecule has 8 heteroatoms. The molecular weight excluding hydrogens is 424 g/mol. The average Bonchev–Trinajstić information content (AvgIpc) is 2.81. The summed E-state index contributed by atoms with van der Waals surface area (Å²) in [6, 6.07) is 14.1. The van der Waals surface area contributed by atoms with Crippen molar-refractivity contribution >= 4 is 29.5 Å². The van der Waals surface area contributed by atoms with Gasteiger partial charge in [0, 0.05) is 24.7 Å². The first-order valence-electron chi connectivity index (χ1n) is 10.8. The minimum atomic E-state index is -0.671. The summed E-state index contributed by atoms with van der Waals surface area (Å²) in [6.45, 7) is 4.58. The first-order chi connectivity index (χ1) is 15.9. The monoisotopic (exact) mass is 454 g/mol. The minimum Gasteiger partial charge on any atom is -0.490 e. The molecule has 0 aliphatic carbocycles. The molecule has 0 fully saturated rings. The first-order valence-corrected chi connectivity index (χ1v) is 10.8. The fraction of sp³-hybridized carbons (Fsp3) is 0.320. The van der Waals surface area contributed by atoms with E-state index in [1.165, 1.54) is 11.0 Å². The van der Waals surface area contributed by atoms with Crippen molar-refractivity contribution in [2.75, 3.05) is 31.3 Å². The number of esters is 1. The Labute approximate surface area is 193 Å². The van der Waals surface area contributed by atoms with Crippen LogP contribution in [0.1, 0.15) is 32.3 Å². The second-order valence-corrected chi connectivity index (χ2v) is 7.03. The zero-order valence-corrected chi connectivity index (χ0v) is 19.0. The molecule has 8 nitrogen and oxygen atoms in total.